The van der Waals surface area contributed by atoms with E-state index in [1.165, 1.54) is 21.9 Å². The van der Waals surface area contributed by atoms with Gasteiger partial charge in [-0.3, -0.25) is 0 Å². The molecule has 0 aliphatic heterocycles. The van der Waals surface area contributed by atoms with Crippen LogP contribution < -0.4 is 0 Å². The van der Waals surface area contributed by atoms with Gasteiger partial charge in [-0.25, -0.2) is 0 Å². The molecule has 0 spiro atoms. The second-order valence-corrected chi connectivity index (χ2v) is 3.57. The molecule has 0 fully saturated rings. The number of rotatable bonds is 0. The van der Waals surface area contributed by atoms with Crippen molar-refractivity contribution < 1.29 is 0 Å². The number of aryl methyl sites for hydroxylation is 2. The van der Waals surface area contributed by atoms with Crippen molar-refractivity contribution >= 4 is 10.8 Å². The normalized spacial score (nSPS) is 10.1. The summed E-state index contributed by atoms with van der Waals surface area (Å²) in [6.45, 7) is 4.16. The van der Waals surface area contributed by atoms with E-state index < -0.39 is 0 Å². The minimum Gasteiger partial charge on any atom is -0.115 e. The number of hydrogen-bond donors (Lipinski definition) is 0. The van der Waals surface area contributed by atoms with Crippen molar-refractivity contribution in [3.05, 3.63) is 47.0 Å². The van der Waals surface area contributed by atoms with Crippen LogP contribution in [0.1, 0.15) is 16.7 Å². The number of hydrogen-bond acceptors (Lipinski definition) is 0. The molecule has 0 nitrogen and oxygen atoms in total. The topological polar surface area (TPSA) is 0 Å². The van der Waals surface area contributed by atoms with Gasteiger partial charge in [-0.15, -0.1) is 6.42 Å². The monoisotopic (exact) mass is 180 g/mol. The van der Waals surface area contributed by atoms with Crippen LogP contribution in [-0.4, -0.2) is 0 Å². The van der Waals surface area contributed by atoms with Crippen molar-refractivity contribution in [3.8, 4) is 12.3 Å². The molecule has 0 heteroatoms. The number of terminal acetylenes is 1. The van der Waals surface area contributed by atoms with Crippen LogP contribution in [0.3, 0.4) is 0 Å². The van der Waals surface area contributed by atoms with Crippen molar-refractivity contribution in [1.82, 2.24) is 0 Å². The predicted octanol–water partition coefficient (Wildman–Crippen LogP) is 3.44. The van der Waals surface area contributed by atoms with Crippen LogP contribution in [0.2, 0.25) is 0 Å². The van der Waals surface area contributed by atoms with Crippen LogP contribution >= 0.6 is 0 Å². The van der Waals surface area contributed by atoms with Gasteiger partial charge in [0.1, 0.15) is 0 Å². The molecule has 0 saturated heterocycles. The van der Waals surface area contributed by atoms with Crippen molar-refractivity contribution in [2.45, 2.75) is 13.8 Å². The summed E-state index contributed by atoms with van der Waals surface area (Å²) in [6.07, 6.45) is 5.54. The highest BCUT2D eigenvalue weighted by Gasteiger charge is 2.03. The van der Waals surface area contributed by atoms with Gasteiger partial charge in [0.15, 0.2) is 0 Å². The maximum atomic E-state index is 5.54. The molecule has 0 saturated carbocycles. The molecule has 68 valence electrons. The number of fused-ring (bicyclic) bond motifs is 1. The molecule has 0 bridgehead atoms. The zero-order chi connectivity index (χ0) is 10.1. The SMILES string of the molecule is C#Cc1c(C)ccc2cccc(C)c12. The largest absolute Gasteiger partial charge is 0.115 e. The molecule has 2 aromatic rings. The van der Waals surface area contributed by atoms with E-state index in [1.54, 1.807) is 0 Å². The van der Waals surface area contributed by atoms with E-state index in [0.29, 0.717) is 0 Å². The lowest BCUT2D eigenvalue weighted by molar-refractivity contribution is 1.44. The van der Waals surface area contributed by atoms with Crippen LogP contribution in [0.5, 0.6) is 0 Å². The third-order valence-electron chi connectivity index (χ3n) is 2.61. The molecule has 2 aromatic carbocycles. The van der Waals surface area contributed by atoms with Gasteiger partial charge in [-0.05, 0) is 30.4 Å². The van der Waals surface area contributed by atoms with Crippen LogP contribution in [0, 0.1) is 26.2 Å². The molecule has 2 rings (SSSR count). The predicted molar refractivity (Wildman–Crippen MR) is 61.4 cm³/mol. The lowest BCUT2D eigenvalue weighted by Crippen LogP contribution is -1.87. The molecule has 0 heterocycles. The van der Waals surface area contributed by atoms with E-state index in [4.69, 9.17) is 6.42 Å². The summed E-state index contributed by atoms with van der Waals surface area (Å²) in [6, 6.07) is 10.5. The van der Waals surface area contributed by atoms with Gasteiger partial charge < -0.3 is 0 Å². The summed E-state index contributed by atoms with van der Waals surface area (Å²) in [5, 5.41) is 2.44. The summed E-state index contributed by atoms with van der Waals surface area (Å²) in [5.74, 6) is 2.78. The van der Waals surface area contributed by atoms with Gasteiger partial charge in [-0.1, -0.05) is 36.3 Å². The van der Waals surface area contributed by atoms with E-state index in [0.717, 1.165) is 5.56 Å². The maximum Gasteiger partial charge on any atom is 0.0352 e. The van der Waals surface area contributed by atoms with Gasteiger partial charge in [0.2, 0.25) is 0 Å². The Morgan fingerprint density at radius 3 is 2.50 bits per heavy atom. The molecular formula is C14H12. The van der Waals surface area contributed by atoms with Gasteiger partial charge >= 0.3 is 0 Å². The first-order valence-corrected chi connectivity index (χ1v) is 4.69. The molecule has 0 unspecified atom stereocenters. The van der Waals surface area contributed by atoms with Crippen LogP contribution in [0.4, 0.5) is 0 Å². The van der Waals surface area contributed by atoms with Crippen molar-refractivity contribution in [1.29, 1.82) is 0 Å². The van der Waals surface area contributed by atoms with Gasteiger partial charge in [0.25, 0.3) is 0 Å². The second kappa shape index (κ2) is 3.20. The smallest absolute Gasteiger partial charge is 0.0352 e. The molecular weight excluding hydrogens is 168 g/mol. The van der Waals surface area contributed by atoms with Gasteiger partial charge in [0.05, 0.1) is 0 Å². The Morgan fingerprint density at radius 2 is 1.79 bits per heavy atom. The Labute approximate surface area is 84.6 Å². The van der Waals surface area contributed by atoms with Crippen molar-refractivity contribution in [3.63, 3.8) is 0 Å². The van der Waals surface area contributed by atoms with Gasteiger partial charge in [-0.2, -0.15) is 0 Å². The molecule has 0 atom stereocenters. The second-order valence-electron chi connectivity index (χ2n) is 3.57. The first kappa shape index (κ1) is 8.84. The molecule has 0 aliphatic rings. The molecule has 0 aromatic heterocycles. The van der Waals surface area contributed by atoms with E-state index in [-0.39, 0.29) is 0 Å². The molecule has 0 aliphatic carbocycles. The molecule has 0 radical (unpaired) electrons. The average Bonchev–Trinajstić information content (AvgIpc) is 2.19. The zero-order valence-electron chi connectivity index (χ0n) is 8.46. The number of benzene rings is 2. The lowest BCUT2D eigenvalue weighted by atomic mass is 9.97. The van der Waals surface area contributed by atoms with E-state index in [1.807, 2.05) is 0 Å². The van der Waals surface area contributed by atoms with E-state index in [2.05, 4.69) is 50.1 Å². The third-order valence-corrected chi connectivity index (χ3v) is 2.61. The quantitative estimate of drug-likeness (QED) is 0.545. The summed E-state index contributed by atoms with van der Waals surface area (Å²) < 4.78 is 0. The highest BCUT2D eigenvalue weighted by Crippen LogP contribution is 2.24. The third kappa shape index (κ3) is 1.18. The van der Waals surface area contributed by atoms with Gasteiger partial charge in [0, 0.05) is 10.9 Å². The minimum absolute atomic E-state index is 1.03. The summed E-state index contributed by atoms with van der Waals surface area (Å²) >= 11 is 0. The molecule has 0 amide bonds. The Balaban J connectivity index is 3.01. The molecule has 14 heavy (non-hydrogen) atoms. The van der Waals surface area contributed by atoms with Crippen LogP contribution in [0.15, 0.2) is 30.3 Å². The van der Waals surface area contributed by atoms with E-state index in [9.17, 15) is 0 Å². The van der Waals surface area contributed by atoms with Crippen LogP contribution in [0.25, 0.3) is 10.8 Å². The highest BCUT2D eigenvalue weighted by molar-refractivity contribution is 5.91. The highest BCUT2D eigenvalue weighted by atomic mass is 14.1. The fourth-order valence-corrected chi connectivity index (χ4v) is 1.85. The van der Waals surface area contributed by atoms with Crippen molar-refractivity contribution in [2.75, 3.05) is 0 Å². The average molecular weight is 180 g/mol. The Bertz CT molecular complexity index is 527. The summed E-state index contributed by atoms with van der Waals surface area (Å²) in [7, 11) is 0. The first-order chi connectivity index (χ1) is 6.74. The van der Waals surface area contributed by atoms with Crippen LogP contribution in [-0.2, 0) is 0 Å². The Hall–Kier alpha value is -1.74. The zero-order valence-corrected chi connectivity index (χ0v) is 8.46. The summed E-state index contributed by atoms with van der Waals surface area (Å²) in [5.41, 5.74) is 3.45. The fourth-order valence-electron chi connectivity index (χ4n) is 1.85. The van der Waals surface area contributed by atoms with Crippen molar-refractivity contribution in [2.24, 2.45) is 0 Å². The molecule has 0 N–H and O–H groups in total. The Kier molecular flexibility index (Phi) is 2.02. The Morgan fingerprint density at radius 1 is 1.00 bits per heavy atom. The van der Waals surface area contributed by atoms with E-state index >= 15 is 0 Å². The maximum absolute atomic E-state index is 5.54. The fraction of sp³-hybridized carbons (Fsp3) is 0.143. The minimum atomic E-state index is 1.03. The summed E-state index contributed by atoms with van der Waals surface area (Å²) in [4.78, 5) is 0. The first-order valence-electron chi connectivity index (χ1n) is 4.69. The standard InChI is InChI=1S/C14H12/c1-4-13-10(2)8-9-12-7-5-6-11(3)14(12)13/h1,5-9H,2-3H3. The lowest BCUT2D eigenvalue weighted by Gasteiger charge is -2.07.